The van der Waals surface area contributed by atoms with Gasteiger partial charge >= 0.3 is 0 Å². The summed E-state index contributed by atoms with van der Waals surface area (Å²) in [6.45, 7) is 4.82. The lowest BCUT2D eigenvalue weighted by Crippen LogP contribution is -2.59. The standard InChI is InChI=1S/C17H22N4O/c1-12-5-6-16-18-15(11-21(16)7-12)10-20-8-14(9-20)19-17(22)13-3-2-4-13/h5-7,11,13-14H,2-4,8-10H2,1H3,(H,19,22). The number of aryl methyl sites for hydroxylation is 1. The summed E-state index contributed by atoms with van der Waals surface area (Å²) in [5, 5.41) is 3.16. The molecule has 1 amide bonds. The average Bonchev–Trinajstić information content (AvgIpc) is 2.75. The fourth-order valence-electron chi connectivity index (χ4n) is 3.24. The van der Waals surface area contributed by atoms with Crippen molar-refractivity contribution in [3.63, 3.8) is 0 Å². The number of imidazole rings is 1. The van der Waals surface area contributed by atoms with E-state index in [1.165, 1.54) is 12.0 Å². The number of carbonyl (C=O) groups excluding carboxylic acids is 1. The number of fused-ring (bicyclic) bond motifs is 1. The van der Waals surface area contributed by atoms with Crippen molar-refractivity contribution in [2.45, 2.75) is 38.8 Å². The molecule has 1 aliphatic heterocycles. The van der Waals surface area contributed by atoms with Crippen LogP contribution in [0.15, 0.2) is 24.5 Å². The maximum atomic E-state index is 11.9. The maximum absolute atomic E-state index is 11.9. The SMILES string of the molecule is Cc1ccc2nc(CN3CC(NC(=O)C4CCC4)C3)cn2c1. The fraction of sp³-hybridized carbons (Fsp3) is 0.529. The number of nitrogens with zero attached hydrogens (tertiary/aromatic N) is 3. The van der Waals surface area contributed by atoms with Gasteiger partial charge in [0, 0.05) is 37.9 Å². The molecule has 0 unspecified atom stereocenters. The molecular formula is C17H22N4O. The summed E-state index contributed by atoms with van der Waals surface area (Å²) in [5.41, 5.74) is 3.32. The summed E-state index contributed by atoms with van der Waals surface area (Å²) in [7, 11) is 0. The Kier molecular flexibility index (Phi) is 3.37. The Balaban J connectivity index is 1.30. The molecule has 0 aromatic carbocycles. The number of rotatable bonds is 4. The van der Waals surface area contributed by atoms with Crippen LogP contribution in [0.25, 0.3) is 5.65 Å². The number of nitrogens with one attached hydrogen (secondary N) is 1. The Morgan fingerprint density at radius 3 is 2.86 bits per heavy atom. The Labute approximate surface area is 130 Å². The number of likely N-dealkylation sites (tertiary alicyclic amines) is 1. The van der Waals surface area contributed by atoms with Gasteiger partial charge in [0.05, 0.1) is 11.7 Å². The van der Waals surface area contributed by atoms with E-state index >= 15 is 0 Å². The lowest BCUT2D eigenvalue weighted by Gasteiger charge is -2.40. The van der Waals surface area contributed by atoms with Gasteiger partial charge in [0.1, 0.15) is 5.65 Å². The molecule has 2 aromatic heterocycles. The van der Waals surface area contributed by atoms with Gasteiger partial charge in [-0.2, -0.15) is 0 Å². The van der Waals surface area contributed by atoms with Crippen LogP contribution in [0.5, 0.6) is 0 Å². The van der Waals surface area contributed by atoms with E-state index in [1.807, 2.05) is 0 Å². The van der Waals surface area contributed by atoms with E-state index < -0.39 is 0 Å². The van der Waals surface area contributed by atoms with Gasteiger partial charge in [0.25, 0.3) is 0 Å². The van der Waals surface area contributed by atoms with Gasteiger partial charge in [-0.1, -0.05) is 12.5 Å². The molecule has 1 saturated carbocycles. The molecule has 1 aliphatic carbocycles. The Morgan fingerprint density at radius 1 is 1.32 bits per heavy atom. The zero-order chi connectivity index (χ0) is 15.1. The third-order valence-electron chi connectivity index (χ3n) is 4.81. The predicted octanol–water partition coefficient (Wildman–Crippen LogP) is 1.74. The smallest absolute Gasteiger partial charge is 0.223 e. The van der Waals surface area contributed by atoms with Crippen LogP contribution in [0.3, 0.4) is 0 Å². The highest BCUT2D eigenvalue weighted by Gasteiger charge is 2.32. The second kappa shape index (κ2) is 5.39. The number of hydrogen-bond acceptors (Lipinski definition) is 3. The minimum Gasteiger partial charge on any atom is -0.351 e. The molecule has 5 nitrogen and oxygen atoms in total. The zero-order valence-electron chi connectivity index (χ0n) is 13.0. The minimum absolute atomic E-state index is 0.263. The molecule has 116 valence electrons. The Hall–Kier alpha value is -1.88. The molecule has 2 fully saturated rings. The molecule has 1 N–H and O–H groups in total. The summed E-state index contributed by atoms with van der Waals surface area (Å²) in [4.78, 5) is 18.9. The first-order valence-electron chi connectivity index (χ1n) is 8.14. The van der Waals surface area contributed by atoms with Crippen LogP contribution >= 0.6 is 0 Å². The van der Waals surface area contributed by atoms with E-state index in [9.17, 15) is 4.79 Å². The molecule has 1 saturated heterocycles. The van der Waals surface area contributed by atoms with Crippen molar-refractivity contribution in [1.29, 1.82) is 0 Å². The van der Waals surface area contributed by atoms with Crippen LogP contribution in [-0.2, 0) is 11.3 Å². The molecular weight excluding hydrogens is 276 g/mol. The second-order valence-electron chi connectivity index (χ2n) is 6.73. The van der Waals surface area contributed by atoms with Crippen LogP contribution in [0.1, 0.15) is 30.5 Å². The molecule has 3 heterocycles. The first-order valence-corrected chi connectivity index (χ1v) is 8.14. The van der Waals surface area contributed by atoms with Crippen molar-refractivity contribution in [1.82, 2.24) is 19.6 Å². The molecule has 0 bridgehead atoms. The van der Waals surface area contributed by atoms with E-state index in [4.69, 9.17) is 0 Å². The summed E-state index contributed by atoms with van der Waals surface area (Å²) in [6.07, 6.45) is 7.56. The van der Waals surface area contributed by atoms with Gasteiger partial charge in [-0.25, -0.2) is 4.98 Å². The van der Waals surface area contributed by atoms with Gasteiger partial charge in [0.15, 0.2) is 0 Å². The molecule has 22 heavy (non-hydrogen) atoms. The summed E-state index contributed by atoms with van der Waals surface area (Å²) < 4.78 is 2.08. The highest BCUT2D eigenvalue weighted by atomic mass is 16.2. The van der Waals surface area contributed by atoms with E-state index in [-0.39, 0.29) is 11.8 Å². The normalized spacial score (nSPS) is 19.9. The topological polar surface area (TPSA) is 49.6 Å². The van der Waals surface area contributed by atoms with Crippen LogP contribution in [0, 0.1) is 12.8 Å². The second-order valence-corrected chi connectivity index (χ2v) is 6.73. The largest absolute Gasteiger partial charge is 0.351 e. The number of carbonyl (C=O) groups is 1. The van der Waals surface area contributed by atoms with Crippen molar-refractivity contribution < 1.29 is 4.79 Å². The fourth-order valence-corrected chi connectivity index (χ4v) is 3.24. The number of amides is 1. The average molecular weight is 298 g/mol. The highest BCUT2D eigenvalue weighted by molar-refractivity contribution is 5.79. The molecule has 2 aromatic rings. The van der Waals surface area contributed by atoms with Crippen LogP contribution in [0.2, 0.25) is 0 Å². The lowest BCUT2D eigenvalue weighted by molar-refractivity contribution is -0.129. The quantitative estimate of drug-likeness (QED) is 0.935. The van der Waals surface area contributed by atoms with Crippen molar-refractivity contribution in [3.8, 4) is 0 Å². The van der Waals surface area contributed by atoms with Crippen molar-refractivity contribution >= 4 is 11.6 Å². The molecule has 5 heteroatoms. The van der Waals surface area contributed by atoms with Gasteiger partial charge < -0.3 is 9.72 Å². The molecule has 2 aliphatic rings. The van der Waals surface area contributed by atoms with E-state index in [2.05, 4.69) is 51.1 Å². The van der Waals surface area contributed by atoms with Gasteiger partial charge in [-0.05, 0) is 31.4 Å². The number of pyridine rings is 1. The zero-order valence-corrected chi connectivity index (χ0v) is 13.0. The van der Waals surface area contributed by atoms with Crippen LogP contribution in [0.4, 0.5) is 0 Å². The third-order valence-corrected chi connectivity index (χ3v) is 4.81. The first-order chi connectivity index (χ1) is 10.7. The predicted molar refractivity (Wildman–Crippen MR) is 84.5 cm³/mol. The van der Waals surface area contributed by atoms with Gasteiger partial charge in [-0.15, -0.1) is 0 Å². The molecule has 4 rings (SSSR count). The number of aromatic nitrogens is 2. The highest BCUT2D eigenvalue weighted by Crippen LogP contribution is 2.26. The third kappa shape index (κ3) is 2.61. The van der Waals surface area contributed by atoms with E-state index in [1.54, 1.807) is 0 Å². The molecule has 0 atom stereocenters. The summed E-state index contributed by atoms with van der Waals surface area (Å²) >= 11 is 0. The summed E-state index contributed by atoms with van der Waals surface area (Å²) in [5.74, 6) is 0.551. The van der Waals surface area contributed by atoms with Crippen LogP contribution < -0.4 is 5.32 Å². The summed E-state index contributed by atoms with van der Waals surface area (Å²) in [6, 6.07) is 4.46. The first kappa shape index (κ1) is 13.8. The van der Waals surface area contributed by atoms with E-state index in [0.717, 1.165) is 43.8 Å². The van der Waals surface area contributed by atoms with Crippen molar-refractivity contribution in [3.05, 3.63) is 35.8 Å². The lowest BCUT2D eigenvalue weighted by atomic mass is 9.84. The van der Waals surface area contributed by atoms with Crippen molar-refractivity contribution in [2.75, 3.05) is 13.1 Å². The Morgan fingerprint density at radius 2 is 2.14 bits per heavy atom. The molecule has 0 spiro atoms. The van der Waals surface area contributed by atoms with E-state index in [0.29, 0.717) is 6.04 Å². The van der Waals surface area contributed by atoms with Gasteiger partial charge in [-0.3, -0.25) is 9.69 Å². The minimum atomic E-state index is 0.263. The maximum Gasteiger partial charge on any atom is 0.223 e. The Bertz CT molecular complexity index is 698. The van der Waals surface area contributed by atoms with Crippen LogP contribution in [-0.4, -0.2) is 39.3 Å². The van der Waals surface area contributed by atoms with Gasteiger partial charge in [0.2, 0.25) is 5.91 Å². The number of hydrogen-bond donors (Lipinski definition) is 1. The monoisotopic (exact) mass is 298 g/mol. The molecule has 0 radical (unpaired) electrons. The van der Waals surface area contributed by atoms with Crippen molar-refractivity contribution in [2.24, 2.45) is 5.92 Å².